The molecule has 2 aliphatic rings. The fourth-order valence-corrected chi connectivity index (χ4v) is 3.22. The summed E-state index contributed by atoms with van der Waals surface area (Å²) in [5, 5.41) is 5.76. The minimum absolute atomic E-state index is 0.0817. The first-order valence-corrected chi connectivity index (χ1v) is 11.6. The number of H-pyrrole nitrogens is 1. The van der Waals surface area contributed by atoms with E-state index in [9.17, 15) is 9.36 Å². The van der Waals surface area contributed by atoms with Crippen molar-refractivity contribution in [2.24, 2.45) is 0 Å². The van der Waals surface area contributed by atoms with Crippen LogP contribution < -0.4 is 21.9 Å². The Kier molecular flexibility index (Phi) is 7.27. The Morgan fingerprint density at radius 2 is 1.93 bits per heavy atom. The van der Waals surface area contributed by atoms with Crippen LogP contribution in [0.5, 0.6) is 0 Å². The van der Waals surface area contributed by atoms with Gasteiger partial charge in [-0.2, -0.15) is 14.8 Å². The molecule has 0 spiro atoms. The number of phosphoric acid groups is 1. The number of aromatic amines is 1. The predicted octanol–water partition coefficient (Wildman–Crippen LogP) is -1.54. The molecule has 3 heterocycles. The van der Waals surface area contributed by atoms with Gasteiger partial charge in [-0.3, -0.25) is 14.3 Å². The van der Waals surface area contributed by atoms with E-state index in [1.165, 1.54) is 0 Å². The van der Waals surface area contributed by atoms with Gasteiger partial charge in [-0.15, -0.1) is 0 Å². The molecule has 150 valence electrons. The van der Waals surface area contributed by atoms with Gasteiger partial charge in [-0.05, 0) is 0 Å². The summed E-state index contributed by atoms with van der Waals surface area (Å²) in [6.45, 7) is -0.466. The van der Waals surface area contributed by atoms with E-state index in [1.807, 2.05) is 0 Å². The molecule has 1 aromatic heterocycles. The number of anilines is 3. The Morgan fingerprint density at radius 3 is 2.52 bits per heavy atom. The molecular weight excluding hydrogens is 597 g/mol. The molecule has 2 aliphatic heterocycles. The van der Waals surface area contributed by atoms with Crippen LogP contribution in [-0.4, -0.2) is 44.7 Å². The third-order valence-corrected chi connectivity index (χ3v) is 4.91. The second kappa shape index (κ2) is 8.88. The molecule has 0 amide bonds. The van der Waals surface area contributed by atoms with Gasteiger partial charge in [0.2, 0.25) is 5.95 Å². The SMILES string of the molecule is Nc1nc2c(c(=O)[nH]1)N[C@H]1C([S-])=C([S-])[C@@H](COP(=O)(O)O)O[C@H]1N2.[O]=[W]=[O]. The Labute approximate surface area is 170 Å². The predicted molar refractivity (Wildman–Crippen MR) is 90.1 cm³/mol. The average Bonchev–Trinajstić information content (AvgIpc) is 2.55. The van der Waals surface area contributed by atoms with Crippen LogP contribution in [0.2, 0.25) is 0 Å². The molecule has 27 heavy (non-hydrogen) atoms. The third-order valence-electron chi connectivity index (χ3n) is 3.34. The van der Waals surface area contributed by atoms with Crippen molar-refractivity contribution in [2.75, 3.05) is 23.0 Å². The molecule has 0 saturated heterocycles. The van der Waals surface area contributed by atoms with Crippen molar-refractivity contribution in [3.63, 3.8) is 0 Å². The number of nitrogens with two attached hydrogens (primary N) is 1. The van der Waals surface area contributed by atoms with Gasteiger partial charge in [-0.1, -0.05) is 0 Å². The zero-order chi connectivity index (χ0) is 20.4. The normalized spacial score (nSPS) is 23.7. The zero-order valence-corrected chi connectivity index (χ0v) is 18.4. The summed E-state index contributed by atoms with van der Waals surface area (Å²) in [6.07, 6.45) is -1.70. The van der Waals surface area contributed by atoms with Crippen molar-refractivity contribution in [3.8, 4) is 0 Å². The number of nitrogens with zero attached hydrogens (tertiary/aromatic N) is 1. The third kappa shape index (κ3) is 5.42. The summed E-state index contributed by atoms with van der Waals surface area (Å²) in [5.74, 6) is 0.0876. The van der Waals surface area contributed by atoms with Gasteiger partial charge in [0.1, 0.15) is 5.69 Å². The van der Waals surface area contributed by atoms with Crippen LogP contribution in [0.4, 0.5) is 17.5 Å². The molecule has 0 saturated carbocycles. The molecule has 3 rings (SSSR count). The first-order chi connectivity index (χ1) is 12.6. The van der Waals surface area contributed by atoms with E-state index in [2.05, 4.69) is 25.1 Å². The second-order valence-electron chi connectivity index (χ2n) is 5.07. The van der Waals surface area contributed by atoms with Crippen molar-refractivity contribution >= 4 is 50.5 Å². The summed E-state index contributed by atoms with van der Waals surface area (Å²) in [4.78, 5) is 36.3. The van der Waals surface area contributed by atoms with E-state index >= 15 is 0 Å². The van der Waals surface area contributed by atoms with Gasteiger partial charge in [0, 0.05) is 0 Å². The second-order valence-corrected chi connectivity index (χ2v) is 7.68. The number of phosphoric ester groups is 1. The van der Waals surface area contributed by atoms with Crippen LogP contribution in [0.15, 0.2) is 14.6 Å². The molecule has 0 aromatic carbocycles. The van der Waals surface area contributed by atoms with Crippen molar-refractivity contribution in [1.82, 2.24) is 9.97 Å². The molecule has 0 bridgehead atoms. The molecule has 0 fully saturated rings. The number of fused-ring (bicyclic) bond motifs is 2. The molecule has 17 heteroatoms. The number of rotatable bonds is 3. The topological polar surface area (TPSA) is 206 Å². The van der Waals surface area contributed by atoms with E-state index in [0.717, 1.165) is 0 Å². The minimum atomic E-state index is -4.67. The number of nitrogens with one attached hydrogen (secondary N) is 3. The maximum absolute atomic E-state index is 11.9. The number of ether oxygens (including phenoxy) is 1. The Hall–Kier alpha value is -1.18. The maximum atomic E-state index is 11.9. The van der Waals surface area contributed by atoms with Crippen LogP contribution in [0.25, 0.3) is 0 Å². The van der Waals surface area contributed by atoms with Crippen molar-refractivity contribution in [1.29, 1.82) is 0 Å². The summed E-state index contributed by atoms with van der Waals surface area (Å²) < 4.78 is 38.0. The van der Waals surface area contributed by atoms with Gasteiger partial charge in [0.05, 0.1) is 18.8 Å². The van der Waals surface area contributed by atoms with Gasteiger partial charge < -0.3 is 56.1 Å². The van der Waals surface area contributed by atoms with Gasteiger partial charge in [-0.25, -0.2) is 4.57 Å². The summed E-state index contributed by atoms with van der Waals surface area (Å²) in [6, 6.07) is -0.627. The van der Waals surface area contributed by atoms with Crippen molar-refractivity contribution in [3.05, 3.63) is 20.2 Å². The molecule has 0 unspecified atom stereocenters. The number of hydrogen-bond acceptors (Lipinski definition) is 12. The standard InChI is InChI=1S/C10H14N5O6PS2.2O.W/c11-10-14-7-4(8(16)15-10)12-3-6(24)5(23)2(21-9(3)13-7)1-20-22(17,18)19;;;/h2-3,9,12,23-24H,1H2,(H2,17,18,19)(H4,11,13,14,15,16);;;/p-2/t2-,3+,9-;;;/m1.../s1. The molecule has 13 nitrogen and oxygen atoms in total. The fraction of sp³-hybridized carbons (Fsp3) is 0.400. The van der Waals surface area contributed by atoms with Crippen LogP contribution in [0.3, 0.4) is 0 Å². The first kappa shape index (κ1) is 22.1. The molecule has 1 aromatic rings. The average molecular weight is 609 g/mol. The monoisotopic (exact) mass is 609 g/mol. The molecule has 0 aliphatic carbocycles. The Morgan fingerprint density at radius 1 is 1.30 bits per heavy atom. The van der Waals surface area contributed by atoms with E-state index in [-0.39, 0.29) is 27.3 Å². The van der Waals surface area contributed by atoms with Gasteiger partial charge in [0.25, 0.3) is 5.56 Å². The number of aromatic nitrogens is 2. The first-order valence-electron chi connectivity index (χ1n) is 6.85. The van der Waals surface area contributed by atoms with Crippen LogP contribution >= 0.6 is 7.82 Å². The van der Waals surface area contributed by atoms with E-state index in [1.54, 1.807) is 0 Å². The van der Waals surface area contributed by atoms with Crippen molar-refractivity contribution < 1.29 is 48.9 Å². The molecular formula is C10H12N5O8PS2W-2. The van der Waals surface area contributed by atoms with E-state index in [4.69, 9.17) is 52.3 Å². The zero-order valence-electron chi connectivity index (χ0n) is 13.0. The quantitative estimate of drug-likeness (QED) is 0.170. The summed E-state index contributed by atoms with van der Waals surface area (Å²) >= 11 is 8.20. The van der Waals surface area contributed by atoms with Crippen LogP contribution in [-0.2, 0) is 64.4 Å². The molecule has 3 atom stereocenters. The number of hydrogen-bond donors (Lipinski definition) is 6. The van der Waals surface area contributed by atoms with Crippen LogP contribution in [0.1, 0.15) is 0 Å². The van der Waals surface area contributed by atoms with Gasteiger partial charge >= 0.3 is 33.1 Å². The number of nitrogen functional groups attached to an aromatic ring is 1. The Bertz CT molecular complexity index is 900. The summed E-state index contributed by atoms with van der Waals surface area (Å²) in [5.41, 5.74) is 5.15. The molecule has 0 radical (unpaired) electrons. The van der Waals surface area contributed by atoms with E-state index in [0.29, 0.717) is 0 Å². The fourth-order valence-electron chi connectivity index (χ4n) is 2.32. The van der Waals surface area contributed by atoms with Gasteiger partial charge in [0.15, 0.2) is 12.0 Å². The Balaban J connectivity index is 0.000000817. The molecule has 7 N–H and O–H groups in total. The van der Waals surface area contributed by atoms with Crippen LogP contribution in [0, 0.1) is 0 Å². The summed E-state index contributed by atoms with van der Waals surface area (Å²) in [7, 11) is -4.67. The van der Waals surface area contributed by atoms with Crippen molar-refractivity contribution in [2.45, 2.75) is 18.4 Å². The van der Waals surface area contributed by atoms with E-state index < -0.39 is 56.9 Å².